The van der Waals surface area contributed by atoms with E-state index in [1.165, 1.54) is 10.2 Å². The average molecular weight is 436 g/mol. The van der Waals surface area contributed by atoms with Crippen LogP contribution in [0.5, 0.6) is 5.75 Å². The fourth-order valence-corrected chi connectivity index (χ4v) is 4.51. The van der Waals surface area contributed by atoms with Crippen molar-refractivity contribution in [2.75, 3.05) is 27.2 Å². The highest BCUT2D eigenvalue weighted by molar-refractivity contribution is 5.77. The van der Waals surface area contributed by atoms with Crippen molar-refractivity contribution >= 4 is 16.8 Å². The van der Waals surface area contributed by atoms with Crippen molar-refractivity contribution in [3.63, 3.8) is 0 Å². The normalized spacial score (nSPS) is 19.1. The predicted molar refractivity (Wildman–Crippen MR) is 123 cm³/mol. The Morgan fingerprint density at radius 2 is 1.97 bits per heavy atom. The average Bonchev–Trinajstić information content (AvgIpc) is 2.82. The molecule has 0 saturated carbocycles. The van der Waals surface area contributed by atoms with Crippen LogP contribution in [0.15, 0.2) is 53.3 Å². The lowest BCUT2D eigenvalue weighted by Crippen LogP contribution is -2.42. The zero-order chi connectivity index (χ0) is 22.5. The first kappa shape index (κ1) is 22.0. The molecule has 32 heavy (non-hydrogen) atoms. The standard InChI is InChI=1S/C24H29N5O3/c1-28-14-5-6-18(23(28)17-9-11-19(32-2)12-10-17)16-25-22(30)13-15-29-24(31)20-7-3-4-8-21(20)26-27-29/h3-4,7-12,18,23H,5-6,13-16H2,1-2H3,(H,25,30). The van der Waals surface area contributed by atoms with Gasteiger partial charge in [-0.1, -0.05) is 29.5 Å². The number of fused-ring (bicyclic) bond motifs is 1. The van der Waals surface area contributed by atoms with Gasteiger partial charge >= 0.3 is 0 Å². The van der Waals surface area contributed by atoms with Crippen molar-refractivity contribution < 1.29 is 9.53 Å². The number of aromatic nitrogens is 3. The largest absolute Gasteiger partial charge is 0.497 e. The first-order valence-electron chi connectivity index (χ1n) is 11.0. The van der Waals surface area contributed by atoms with Crippen LogP contribution in [0.3, 0.4) is 0 Å². The van der Waals surface area contributed by atoms with E-state index in [0.29, 0.717) is 23.4 Å². The molecule has 1 aromatic heterocycles. The maximum absolute atomic E-state index is 12.5. The number of benzene rings is 2. The maximum Gasteiger partial charge on any atom is 0.277 e. The molecule has 2 atom stereocenters. The Morgan fingerprint density at radius 1 is 1.19 bits per heavy atom. The van der Waals surface area contributed by atoms with E-state index in [-0.39, 0.29) is 30.5 Å². The summed E-state index contributed by atoms with van der Waals surface area (Å²) in [5, 5.41) is 11.6. The number of carbonyl (C=O) groups excluding carboxylic acids is 1. The lowest BCUT2D eigenvalue weighted by atomic mass is 9.85. The zero-order valence-corrected chi connectivity index (χ0v) is 18.5. The third kappa shape index (κ3) is 4.80. The summed E-state index contributed by atoms with van der Waals surface area (Å²) in [6.45, 7) is 1.83. The molecule has 1 saturated heterocycles. The molecule has 8 heteroatoms. The highest BCUT2D eigenvalue weighted by Gasteiger charge is 2.30. The van der Waals surface area contributed by atoms with E-state index < -0.39 is 0 Å². The van der Waals surface area contributed by atoms with Gasteiger partial charge in [0.2, 0.25) is 5.91 Å². The van der Waals surface area contributed by atoms with Gasteiger partial charge < -0.3 is 10.1 Å². The smallest absolute Gasteiger partial charge is 0.277 e. The van der Waals surface area contributed by atoms with Crippen molar-refractivity contribution in [3.05, 3.63) is 64.4 Å². The summed E-state index contributed by atoms with van der Waals surface area (Å²) in [7, 11) is 3.80. The fourth-order valence-electron chi connectivity index (χ4n) is 4.51. The molecule has 1 amide bonds. The van der Waals surface area contributed by atoms with Crippen LogP contribution in [0.2, 0.25) is 0 Å². The molecule has 0 aliphatic carbocycles. The van der Waals surface area contributed by atoms with Gasteiger partial charge in [-0.05, 0) is 62.2 Å². The lowest BCUT2D eigenvalue weighted by Gasteiger charge is -2.39. The third-order valence-electron chi connectivity index (χ3n) is 6.21. The van der Waals surface area contributed by atoms with Gasteiger partial charge in [-0.15, -0.1) is 5.10 Å². The molecule has 1 aliphatic heterocycles. The lowest BCUT2D eigenvalue weighted by molar-refractivity contribution is -0.121. The Kier molecular flexibility index (Phi) is 6.80. The highest BCUT2D eigenvalue weighted by atomic mass is 16.5. The van der Waals surface area contributed by atoms with E-state index in [0.717, 1.165) is 25.1 Å². The van der Waals surface area contributed by atoms with Crippen molar-refractivity contribution in [3.8, 4) is 5.75 Å². The van der Waals surface area contributed by atoms with E-state index in [2.05, 4.69) is 39.7 Å². The van der Waals surface area contributed by atoms with Crippen LogP contribution in [0, 0.1) is 5.92 Å². The third-order valence-corrected chi connectivity index (χ3v) is 6.21. The molecule has 1 aliphatic rings. The molecule has 0 bridgehead atoms. The minimum Gasteiger partial charge on any atom is -0.497 e. The van der Waals surface area contributed by atoms with Crippen molar-refractivity contribution in [2.24, 2.45) is 5.92 Å². The first-order chi connectivity index (χ1) is 15.6. The number of hydrogen-bond donors (Lipinski definition) is 1. The topological polar surface area (TPSA) is 89.3 Å². The molecule has 2 aromatic carbocycles. The van der Waals surface area contributed by atoms with Crippen LogP contribution in [0.1, 0.15) is 30.9 Å². The number of amides is 1. The van der Waals surface area contributed by atoms with E-state index in [4.69, 9.17) is 4.74 Å². The molecular weight excluding hydrogens is 406 g/mol. The zero-order valence-electron chi connectivity index (χ0n) is 18.5. The molecule has 2 unspecified atom stereocenters. The second-order valence-electron chi connectivity index (χ2n) is 8.29. The SMILES string of the molecule is COc1ccc(C2C(CNC(=O)CCn3nnc4ccccc4c3=O)CCCN2C)cc1. The Bertz CT molecular complexity index is 1130. The number of likely N-dealkylation sites (tertiary alicyclic amines) is 1. The molecule has 2 heterocycles. The molecule has 0 spiro atoms. The van der Waals surface area contributed by atoms with Gasteiger partial charge in [-0.2, -0.15) is 0 Å². The van der Waals surface area contributed by atoms with Gasteiger partial charge in [0, 0.05) is 19.0 Å². The minimum atomic E-state index is -0.225. The number of nitrogens with zero attached hydrogens (tertiary/aromatic N) is 4. The van der Waals surface area contributed by atoms with Crippen LogP contribution < -0.4 is 15.6 Å². The van der Waals surface area contributed by atoms with Crippen molar-refractivity contribution in [1.82, 2.24) is 25.2 Å². The quantitative estimate of drug-likeness (QED) is 0.613. The number of nitrogens with one attached hydrogen (secondary N) is 1. The van der Waals surface area contributed by atoms with Crippen LogP contribution in [0.4, 0.5) is 0 Å². The second-order valence-corrected chi connectivity index (χ2v) is 8.29. The number of hydrogen-bond acceptors (Lipinski definition) is 6. The van der Waals surface area contributed by atoms with Crippen molar-refractivity contribution in [2.45, 2.75) is 31.8 Å². The Hall–Kier alpha value is -3.26. The van der Waals surface area contributed by atoms with Gasteiger partial charge in [-0.25, -0.2) is 4.68 Å². The molecule has 1 N–H and O–H groups in total. The van der Waals surface area contributed by atoms with E-state index in [9.17, 15) is 9.59 Å². The van der Waals surface area contributed by atoms with Gasteiger partial charge in [-0.3, -0.25) is 14.5 Å². The number of piperidine rings is 1. The van der Waals surface area contributed by atoms with Crippen LogP contribution >= 0.6 is 0 Å². The summed E-state index contributed by atoms with van der Waals surface area (Å²) in [6.07, 6.45) is 2.34. The molecule has 8 nitrogen and oxygen atoms in total. The molecule has 4 rings (SSSR count). The van der Waals surface area contributed by atoms with Gasteiger partial charge in [0.25, 0.3) is 5.56 Å². The summed E-state index contributed by atoms with van der Waals surface area (Å²) >= 11 is 0. The number of methoxy groups -OCH3 is 1. The highest BCUT2D eigenvalue weighted by Crippen LogP contribution is 2.35. The number of rotatable bonds is 7. The molecule has 3 aromatic rings. The summed E-state index contributed by atoms with van der Waals surface area (Å²) in [4.78, 5) is 27.4. The first-order valence-corrected chi connectivity index (χ1v) is 11.0. The summed E-state index contributed by atoms with van der Waals surface area (Å²) in [5.74, 6) is 1.06. The molecule has 168 valence electrons. The summed E-state index contributed by atoms with van der Waals surface area (Å²) in [5.41, 5.74) is 1.56. The monoisotopic (exact) mass is 435 g/mol. The number of carbonyl (C=O) groups is 1. The van der Waals surface area contributed by atoms with Crippen LogP contribution in [0.25, 0.3) is 10.9 Å². The Labute approximate surface area is 187 Å². The predicted octanol–water partition coefficient (Wildman–Crippen LogP) is 2.39. The second kappa shape index (κ2) is 9.91. The van der Waals surface area contributed by atoms with Crippen LogP contribution in [-0.2, 0) is 11.3 Å². The van der Waals surface area contributed by atoms with Crippen LogP contribution in [-0.4, -0.2) is 53.0 Å². The summed E-state index contributed by atoms with van der Waals surface area (Å²) < 4.78 is 6.54. The minimum absolute atomic E-state index is 0.0893. The van der Waals surface area contributed by atoms with Gasteiger partial charge in [0.05, 0.1) is 19.0 Å². The maximum atomic E-state index is 12.5. The fraction of sp³-hybridized carbons (Fsp3) is 0.417. The van der Waals surface area contributed by atoms with E-state index >= 15 is 0 Å². The molecular formula is C24H29N5O3. The van der Waals surface area contributed by atoms with Gasteiger partial charge in [0.1, 0.15) is 11.3 Å². The molecule has 1 fully saturated rings. The van der Waals surface area contributed by atoms with E-state index in [1.807, 2.05) is 18.2 Å². The summed E-state index contributed by atoms with van der Waals surface area (Å²) in [6, 6.07) is 15.5. The Morgan fingerprint density at radius 3 is 2.75 bits per heavy atom. The number of ether oxygens (including phenoxy) is 1. The number of aryl methyl sites for hydroxylation is 1. The molecule has 0 radical (unpaired) electrons. The van der Waals surface area contributed by atoms with Crippen molar-refractivity contribution in [1.29, 1.82) is 0 Å². The van der Waals surface area contributed by atoms with E-state index in [1.54, 1.807) is 25.3 Å². The Balaban J connectivity index is 1.37. The van der Waals surface area contributed by atoms with Gasteiger partial charge in [0.15, 0.2) is 0 Å².